The Bertz CT molecular complexity index is 1110. The van der Waals surface area contributed by atoms with Gasteiger partial charge in [0.2, 0.25) is 0 Å². The lowest BCUT2D eigenvalue weighted by Gasteiger charge is -2.14. The molecule has 1 heterocycles. The van der Waals surface area contributed by atoms with Crippen LogP contribution in [0.15, 0.2) is 47.4 Å². The number of nitrogens with zero attached hydrogens (tertiary/aromatic N) is 1. The van der Waals surface area contributed by atoms with E-state index >= 15 is 0 Å². The van der Waals surface area contributed by atoms with Crippen LogP contribution in [-0.4, -0.2) is 47.7 Å². The third-order valence-electron chi connectivity index (χ3n) is 4.30. The molecule has 0 bridgehead atoms. The number of rotatable bonds is 6. The lowest BCUT2D eigenvalue weighted by Crippen LogP contribution is -2.47. The predicted octanol–water partition coefficient (Wildman–Crippen LogP) is 3.02. The first kappa shape index (κ1) is 23.6. The van der Waals surface area contributed by atoms with E-state index in [1.54, 1.807) is 36.4 Å². The smallest absolute Gasteiger partial charge is 0.269 e. The maximum absolute atomic E-state index is 12.7. The summed E-state index contributed by atoms with van der Waals surface area (Å²) in [4.78, 5) is 38.6. The summed E-state index contributed by atoms with van der Waals surface area (Å²) in [6.07, 6.45) is 1.65. The molecule has 1 aliphatic rings. The van der Waals surface area contributed by atoms with Gasteiger partial charge in [-0.05, 0) is 48.0 Å². The molecule has 0 atom stereocenters. The van der Waals surface area contributed by atoms with Gasteiger partial charge in [0.05, 0.1) is 19.1 Å². The number of hydrogen-bond acceptors (Lipinski definition) is 7. The number of nitrogens with one attached hydrogen (secondary N) is 2. The number of carbonyl (C=O) groups excluding carboxylic acids is 3. The fourth-order valence-electron chi connectivity index (χ4n) is 2.71. The third-order valence-corrected chi connectivity index (χ3v) is 5.93. The van der Waals surface area contributed by atoms with E-state index in [2.05, 4.69) is 10.9 Å². The van der Waals surface area contributed by atoms with Crippen molar-refractivity contribution < 1.29 is 23.9 Å². The number of hydrazine groups is 1. The minimum atomic E-state index is -0.601. The minimum Gasteiger partial charge on any atom is -0.493 e. The van der Waals surface area contributed by atoms with Crippen LogP contribution in [0, 0.1) is 0 Å². The number of thioether (sulfide) groups is 1. The van der Waals surface area contributed by atoms with Crippen LogP contribution >= 0.6 is 35.6 Å². The van der Waals surface area contributed by atoms with Gasteiger partial charge in [-0.2, -0.15) is 0 Å². The van der Waals surface area contributed by atoms with E-state index in [1.165, 1.54) is 26.4 Å². The van der Waals surface area contributed by atoms with Crippen molar-refractivity contribution >= 4 is 63.7 Å². The minimum absolute atomic E-state index is 0.237. The van der Waals surface area contributed by atoms with E-state index in [1.807, 2.05) is 0 Å². The van der Waals surface area contributed by atoms with Crippen LogP contribution in [0.4, 0.5) is 0 Å². The zero-order valence-corrected chi connectivity index (χ0v) is 19.4. The van der Waals surface area contributed by atoms with E-state index in [-0.39, 0.29) is 10.9 Å². The van der Waals surface area contributed by atoms with Crippen molar-refractivity contribution in [2.75, 3.05) is 20.8 Å². The number of hydrogen-bond donors (Lipinski definition) is 2. The first-order chi connectivity index (χ1) is 15.3. The molecule has 32 heavy (non-hydrogen) atoms. The molecule has 0 aliphatic carbocycles. The van der Waals surface area contributed by atoms with Gasteiger partial charge in [-0.25, -0.2) is 0 Å². The number of halogens is 1. The molecule has 0 radical (unpaired) electrons. The van der Waals surface area contributed by atoms with Crippen LogP contribution < -0.4 is 20.3 Å². The lowest BCUT2D eigenvalue weighted by molar-refractivity contribution is -0.129. The van der Waals surface area contributed by atoms with Crippen molar-refractivity contribution in [2.24, 2.45) is 0 Å². The molecule has 0 aromatic heterocycles. The maximum atomic E-state index is 12.7. The Kier molecular flexibility index (Phi) is 7.73. The number of ether oxygens (including phenoxy) is 2. The second-order valence-corrected chi connectivity index (χ2v) is 8.50. The average molecular weight is 492 g/mol. The van der Waals surface area contributed by atoms with Crippen molar-refractivity contribution in [3.63, 3.8) is 0 Å². The van der Waals surface area contributed by atoms with Gasteiger partial charge in [-0.3, -0.25) is 30.1 Å². The molecule has 0 spiro atoms. The maximum Gasteiger partial charge on any atom is 0.269 e. The van der Waals surface area contributed by atoms with Gasteiger partial charge in [0, 0.05) is 10.6 Å². The summed E-state index contributed by atoms with van der Waals surface area (Å²) in [6.45, 7) is -0.338. The topological polar surface area (TPSA) is 97.0 Å². The summed E-state index contributed by atoms with van der Waals surface area (Å²) in [5, 5.41) is 0.487. The summed E-state index contributed by atoms with van der Waals surface area (Å²) in [6, 6.07) is 11.4. The van der Waals surface area contributed by atoms with E-state index in [0.717, 1.165) is 16.7 Å². The van der Waals surface area contributed by atoms with Crippen LogP contribution in [0.3, 0.4) is 0 Å². The Labute approximate surface area is 198 Å². The molecule has 1 saturated heterocycles. The monoisotopic (exact) mass is 491 g/mol. The molecule has 11 heteroatoms. The van der Waals surface area contributed by atoms with Crippen molar-refractivity contribution in [3.05, 3.63) is 63.5 Å². The Balaban J connectivity index is 1.62. The van der Waals surface area contributed by atoms with Gasteiger partial charge in [-0.1, -0.05) is 41.6 Å². The molecule has 1 aliphatic heterocycles. The zero-order chi connectivity index (χ0) is 23.3. The quantitative estimate of drug-likeness (QED) is 0.364. The van der Waals surface area contributed by atoms with Gasteiger partial charge in [0.25, 0.3) is 17.7 Å². The van der Waals surface area contributed by atoms with E-state index in [9.17, 15) is 14.4 Å². The van der Waals surface area contributed by atoms with Crippen molar-refractivity contribution in [1.82, 2.24) is 15.8 Å². The summed E-state index contributed by atoms with van der Waals surface area (Å²) in [5.74, 6) is -0.444. The van der Waals surface area contributed by atoms with Crippen LogP contribution in [0.2, 0.25) is 5.02 Å². The van der Waals surface area contributed by atoms with Gasteiger partial charge in [-0.15, -0.1) is 0 Å². The van der Waals surface area contributed by atoms with Gasteiger partial charge >= 0.3 is 0 Å². The number of benzene rings is 2. The lowest BCUT2D eigenvalue weighted by atomic mass is 10.2. The Morgan fingerprint density at radius 2 is 1.78 bits per heavy atom. The molecule has 3 rings (SSSR count). The van der Waals surface area contributed by atoms with Crippen molar-refractivity contribution in [1.29, 1.82) is 0 Å². The highest BCUT2D eigenvalue weighted by atomic mass is 35.5. The molecule has 2 aromatic rings. The molecular formula is C21H18ClN3O5S2. The molecule has 2 aromatic carbocycles. The molecule has 166 valence electrons. The Hall–Kier alpha value is -3.08. The first-order valence-electron chi connectivity index (χ1n) is 9.14. The number of thiocarbonyl (C=S) groups is 1. The second-order valence-electron chi connectivity index (χ2n) is 6.39. The molecular weight excluding hydrogens is 474 g/mol. The highest BCUT2D eigenvalue weighted by molar-refractivity contribution is 8.26. The molecule has 1 fully saturated rings. The number of amides is 3. The molecule has 2 N–H and O–H groups in total. The summed E-state index contributed by atoms with van der Waals surface area (Å²) >= 11 is 12.1. The highest BCUT2D eigenvalue weighted by Gasteiger charge is 2.33. The van der Waals surface area contributed by atoms with E-state index in [4.69, 9.17) is 33.3 Å². The normalized spacial score (nSPS) is 14.5. The largest absolute Gasteiger partial charge is 0.493 e. The Morgan fingerprint density at radius 1 is 1.09 bits per heavy atom. The SMILES string of the molecule is COc1ccc(C=C2SC(=S)N(CC(=O)NNC(=O)c3ccc(Cl)cc3)C2=O)cc1OC. The predicted molar refractivity (Wildman–Crippen MR) is 126 cm³/mol. The fourth-order valence-corrected chi connectivity index (χ4v) is 4.09. The van der Waals surface area contributed by atoms with Crippen LogP contribution in [0.25, 0.3) is 6.08 Å². The standard InChI is InChI=1S/C21H18ClN3O5S2/c1-29-15-8-3-12(9-16(15)30-2)10-17-20(28)25(21(31)32-17)11-18(26)23-24-19(27)13-4-6-14(22)7-5-13/h3-10H,11H2,1-2H3,(H,23,26)(H,24,27). The fraction of sp³-hybridized carbons (Fsp3) is 0.143. The van der Waals surface area contributed by atoms with Gasteiger partial charge in [0.1, 0.15) is 10.9 Å². The van der Waals surface area contributed by atoms with Crippen LogP contribution in [-0.2, 0) is 9.59 Å². The van der Waals surface area contributed by atoms with Gasteiger partial charge in [0.15, 0.2) is 11.5 Å². The second kappa shape index (κ2) is 10.5. The summed E-state index contributed by atoms with van der Waals surface area (Å²) < 4.78 is 10.7. The number of carbonyl (C=O) groups is 3. The third kappa shape index (κ3) is 5.58. The van der Waals surface area contributed by atoms with Gasteiger partial charge < -0.3 is 9.47 Å². The van der Waals surface area contributed by atoms with Crippen molar-refractivity contribution in [3.8, 4) is 11.5 Å². The molecule has 8 nitrogen and oxygen atoms in total. The number of methoxy groups -OCH3 is 2. The molecule has 0 saturated carbocycles. The molecule has 3 amide bonds. The van der Waals surface area contributed by atoms with Crippen LogP contribution in [0.5, 0.6) is 11.5 Å². The highest BCUT2D eigenvalue weighted by Crippen LogP contribution is 2.34. The summed E-state index contributed by atoms with van der Waals surface area (Å²) in [7, 11) is 3.05. The van der Waals surface area contributed by atoms with E-state index in [0.29, 0.717) is 32.6 Å². The summed E-state index contributed by atoms with van der Waals surface area (Å²) in [5.41, 5.74) is 5.59. The van der Waals surface area contributed by atoms with Crippen molar-refractivity contribution in [2.45, 2.75) is 0 Å². The van der Waals surface area contributed by atoms with Crippen LogP contribution in [0.1, 0.15) is 15.9 Å². The van der Waals surface area contributed by atoms with E-state index < -0.39 is 17.7 Å². The Morgan fingerprint density at radius 3 is 2.44 bits per heavy atom. The first-order valence-corrected chi connectivity index (χ1v) is 10.7. The average Bonchev–Trinajstić information content (AvgIpc) is 3.05. The zero-order valence-electron chi connectivity index (χ0n) is 17.0. The molecule has 0 unspecified atom stereocenters.